The molecule has 0 rings (SSSR count). The normalized spacial score (nSPS) is 6.97. The summed E-state index contributed by atoms with van der Waals surface area (Å²) in [6.45, 7) is -0.277. The maximum Gasteiger partial charge on any atom is 0.506 e. The van der Waals surface area contributed by atoms with Crippen molar-refractivity contribution in [3.05, 3.63) is 0 Å². The molecule has 0 saturated heterocycles. The van der Waals surface area contributed by atoms with E-state index in [0.717, 1.165) is 0 Å². The highest BCUT2D eigenvalue weighted by atomic mass is 16.7. The van der Waals surface area contributed by atoms with Crippen molar-refractivity contribution < 1.29 is 57.9 Å². The molecule has 0 bridgehead atoms. The van der Waals surface area contributed by atoms with E-state index in [2.05, 4.69) is 18.9 Å². The molecule has 0 heterocycles. The SMILES string of the molecule is C.C.C.C.C.C.C.C.C.CC(=O)CC(=O)COC(=O)CO.COCCOC(=O)CC(=O)COC(=O)O. The minimum Gasteiger partial charge on any atom is -0.463 e. The Balaban J connectivity index is -0.0000000312. The van der Waals surface area contributed by atoms with Gasteiger partial charge < -0.3 is 29.2 Å². The van der Waals surface area contributed by atoms with Crippen LogP contribution in [0.15, 0.2) is 0 Å². The fourth-order valence-electron chi connectivity index (χ4n) is 1.18. The van der Waals surface area contributed by atoms with Gasteiger partial charge >= 0.3 is 18.1 Å². The number of Topliss-reactive ketones (excluding diaryl/α,β-unsaturated/α-hetero) is 3. The summed E-state index contributed by atoms with van der Waals surface area (Å²) in [5.41, 5.74) is 0. The van der Waals surface area contributed by atoms with Crippen LogP contribution in [-0.4, -0.2) is 85.8 Å². The number of hydrogen-bond donors (Lipinski definition) is 2. The van der Waals surface area contributed by atoms with Crippen molar-refractivity contribution >= 4 is 35.4 Å². The van der Waals surface area contributed by atoms with Gasteiger partial charge in [-0.1, -0.05) is 66.8 Å². The Morgan fingerprint density at radius 2 is 1.03 bits per heavy atom. The van der Waals surface area contributed by atoms with E-state index in [1.54, 1.807) is 0 Å². The van der Waals surface area contributed by atoms with Crippen molar-refractivity contribution in [2.24, 2.45) is 0 Å². The molecular weight excluding hydrogens is 480 g/mol. The van der Waals surface area contributed by atoms with Crippen molar-refractivity contribution in [3.63, 3.8) is 0 Å². The fraction of sp³-hybridized carbons (Fsp3) is 0.750. The molecule has 12 nitrogen and oxygen atoms in total. The van der Waals surface area contributed by atoms with Crippen LogP contribution in [0.5, 0.6) is 0 Å². The molecule has 0 aromatic heterocycles. The molecule has 0 aliphatic carbocycles. The molecule has 0 atom stereocenters. The third-order valence-corrected chi connectivity index (χ3v) is 2.22. The Morgan fingerprint density at radius 1 is 0.611 bits per heavy atom. The lowest BCUT2D eigenvalue weighted by atomic mass is 10.2. The molecule has 226 valence electrons. The lowest BCUT2D eigenvalue weighted by Gasteiger charge is -2.03. The second-order valence-corrected chi connectivity index (χ2v) is 4.72. The van der Waals surface area contributed by atoms with Crippen LogP contribution in [0.3, 0.4) is 0 Å². The van der Waals surface area contributed by atoms with Crippen LogP contribution in [0.1, 0.15) is 86.6 Å². The van der Waals surface area contributed by atoms with E-state index in [4.69, 9.17) is 10.2 Å². The van der Waals surface area contributed by atoms with Crippen LogP contribution < -0.4 is 0 Å². The van der Waals surface area contributed by atoms with E-state index >= 15 is 0 Å². The van der Waals surface area contributed by atoms with Crippen molar-refractivity contribution in [1.82, 2.24) is 0 Å². The van der Waals surface area contributed by atoms with Crippen LogP contribution >= 0.6 is 0 Å². The van der Waals surface area contributed by atoms with Gasteiger partial charge in [-0.05, 0) is 6.92 Å². The van der Waals surface area contributed by atoms with Crippen LogP contribution in [0, 0.1) is 0 Å². The molecular formula is C24H58O12. The molecule has 0 aromatic carbocycles. The van der Waals surface area contributed by atoms with E-state index in [9.17, 15) is 28.8 Å². The summed E-state index contributed by atoms with van der Waals surface area (Å²) >= 11 is 0. The maximum absolute atomic E-state index is 10.9. The zero-order valence-corrected chi connectivity index (χ0v) is 14.9. The summed E-state index contributed by atoms with van der Waals surface area (Å²) in [6.07, 6.45) is -2.30. The number of aliphatic hydroxyl groups excluding tert-OH is 1. The maximum atomic E-state index is 10.9. The second-order valence-electron chi connectivity index (χ2n) is 4.72. The average molecular weight is 539 g/mol. The molecule has 0 aliphatic heterocycles. The van der Waals surface area contributed by atoms with Crippen LogP contribution in [0.2, 0.25) is 0 Å². The highest BCUT2D eigenvalue weighted by molar-refractivity contribution is 5.99. The predicted octanol–water partition coefficient (Wildman–Crippen LogP) is 4.62. The number of aliphatic hydroxyl groups is 1. The Hall–Kier alpha value is -2.86. The Morgan fingerprint density at radius 3 is 1.39 bits per heavy atom. The van der Waals surface area contributed by atoms with Gasteiger partial charge in [0.25, 0.3) is 0 Å². The summed E-state index contributed by atoms with van der Waals surface area (Å²) < 4.78 is 17.4. The number of hydrogen-bond acceptors (Lipinski definition) is 11. The number of carbonyl (C=O) groups is 6. The number of esters is 2. The van der Waals surface area contributed by atoms with E-state index in [1.165, 1.54) is 14.0 Å². The van der Waals surface area contributed by atoms with Crippen molar-refractivity contribution in [2.75, 3.05) is 40.1 Å². The molecule has 0 amide bonds. The zero-order chi connectivity index (χ0) is 21.2. The molecule has 0 radical (unpaired) electrons. The van der Waals surface area contributed by atoms with E-state index in [0.29, 0.717) is 0 Å². The minimum atomic E-state index is -1.56. The average Bonchev–Trinajstić information content (AvgIpc) is 2.58. The Kier molecular flexibility index (Phi) is 88.5. The van der Waals surface area contributed by atoms with E-state index < -0.39 is 55.9 Å². The summed E-state index contributed by atoms with van der Waals surface area (Å²) in [5.74, 6) is -3.00. The number of ether oxygens (including phenoxy) is 4. The lowest BCUT2D eigenvalue weighted by molar-refractivity contribution is -0.151. The molecule has 0 aromatic rings. The fourth-order valence-corrected chi connectivity index (χ4v) is 1.18. The first-order chi connectivity index (χ1) is 12.6. The molecule has 0 spiro atoms. The van der Waals surface area contributed by atoms with Crippen molar-refractivity contribution in [3.8, 4) is 0 Å². The lowest BCUT2D eigenvalue weighted by Crippen LogP contribution is -2.18. The molecule has 36 heavy (non-hydrogen) atoms. The number of carbonyl (C=O) groups excluding carboxylic acids is 5. The van der Waals surface area contributed by atoms with E-state index in [-0.39, 0.29) is 92.3 Å². The van der Waals surface area contributed by atoms with Gasteiger partial charge in [0.2, 0.25) is 0 Å². The second kappa shape index (κ2) is 45.6. The highest BCUT2D eigenvalue weighted by Gasteiger charge is 2.12. The Bertz CT molecular complexity index is 531. The van der Waals surface area contributed by atoms with Gasteiger partial charge in [-0.15, -0.1) is 0 Å². The summed E-state index contributed by atoms with van der Waals surface area (Å²) in [6, 6.07) is 0. The van der Waals surface area contributed by atoms with Crippen LogP contribution in [-0.2, 0) is 42.9 Å². The molecule has 2 N–H and O–H groups in total. The van der Waals surface area contributed by atoms with Crippen molar-refractivity contribution in [1.29, 1.82) is 0 Å². The standard InChI is InChI=1S/C8H12O7.C7H10O5.9CH4/c1-13-2-3-14-7(10)4-6(9)5-15-8(11)12;1-5(9)2-6(10)4-12-7(11)3-8;;;;;;;;;/h2-5H2,1H3,(H,11,12);8H,2-4H2,1H3;9*1H4. The third kappa shape index (κ3) is 57.7. The Labute approximate surface area is 220 Å². The summed E-state index contributed by atoms with van der Waals surface area (Å²) in [4.78, 5) is 63.0. The van der Waals surface area contributed by atoms with Crippen LogP contribution in [0.25, 0.3) is 0 Å². The number of rotatable bonds is 12. The largest absolute Gasteiger partial charge is 0.506 e. The van der Waals surface area contributed by atoms with Gasteiger partial charge in [0.05, 0.1) is 13.0 Å². The first kappa shape index (κ1) is 69.8. The summed E-state index contributed by atoms with van der Waals surface area (Å²) in [7, 11) is 1.44. The van der Waals surface area contributed by atoms with Crippen LogP contribution in [0.4, 0.5) is 4.79 Å². The van der Waals surface area contributed by atoms with E-state index in [1.807, 2.05) is 0 Å². The van der Waals surface area contributed by atoms with Gasteiger partial charge in [-0.2, -0.15) is 0 Å². The van der Waals surface area contributed by atoms with Gasteiger partial charge in [0, 0.05) is 7.11 Å². The first-order valence-corrected chi connectivity index (χ1v) is 7.41. The van der Waals surface area contributed by atoms with Gasteiger partial charge in [-0.25, -0.2) is 9.59 Å². The molecule has 12 heteroatoms. The highest BCUT2D eigenvalue weighted by Crippen LogP contribution is 1.91. The molecule has 0 fully saturated rings. The number of methoxy groups -OCH3 is 1. The smallest absolute Gasteiger partial charge is 0.463 e. The topological polar surface area (TPSA) is 180 Å². The van der Waals surface area contributed by atoms with Crippen molar-refractivity contribution in [2.45, 2.75) is 86.6 Å². The van der Waals surface area contributed by atoms with Gasteiger partial charge in [0.1, 0.15) is 25.4 Å². The third-order valence-electron chi connectivity index (χ3n) is 2.22. The molecule has 0 saturated carbocycles. The van der Waals surface area contributed by atoms with Gasteiger partial charge in [0.15, 0.2) is 24.8 Å². The quantitative estimate of drug-likeness (QED) is 0.152. The predicted molar refractivity (Wildman–Crippen MR) is 145 cm³/mol. The van der Waals surface area contributed by atoms with Gasteiger partial charge in [-0.3, -0.25) is 19.2 Å². The minimum absolute atomic E-state index is 0. The number of ketones is 3. The zero-order valence-electron chi connectivity index (χ0n) is 14.9. The summed E-state index contributed by atoms with van der Waals surface area (Å²) in [5, 5.41) is 16.2. The molecule has 0 unspecified atom stereocenters. The first-order valence-electron chi connectivity index (χ1n) is 7.41. The molecule has 0 aliphatic rings. The number of carboxylic acid groups (broad SMARTS) is 1. The monoisotopic (exact) mass is 538 g/mol.